The Hall–Kier alpha value is -3.22. The molecule has 6 rings (SSSR count). The zero-order chi connectivity index (χ0) is 28.1. The van der Waals surface area contributed by atoms with Crippen LogP contribution < -0.4 is 21.6 Å². The van der Waals surface area contributed by atoms with Crippen LogP contribution in [0.3, 0.4) is 0 Å². The van der Waals surface area contributed by atoms with Crippen LogP contribution in [0.25, 0.3) is 10.9 Å². The van der Waals surface area contributed by atoms with Gasteiger partial charge in [0.15, 0.2) is 0 Å². The van der Waals surface area contributed by atoms with Crippen molar-refractivity contribution in [2.75, 3.05) is 23.8 Å². The largest absolute Gasteiger partial charge is 0.381 e. The van der Waals surface area contributed by atoms with Gasteiger partial charge in [0, 0.05) is 52.6 Å². The van der Waals surface area contributed by atoms with E-state index >= 15 is 0 Å². The van der Waals surface area contributed by atoms with Gasteiger partial charge in [0.25, 0.3) is 0 Å². The van der Waals surface area contributed by atoms with Gasteiger partial charge in [0.1, 0.15) is 6.07 Å². The van der Waals surface area contributed by atoms with Gasteiger partial charge in [-0.05, 0) is 43.0 Å². The monoisotopic (exact) mass is 564 g/mol. The number of rotatable bonds is 7. The fourth-order valence-corrected chi connectivity index (χ4v) is 5.63. The van der Waals surface area contributed by atoms with E-state index in [4.69, 9.17) is 27.9 Å². The summed E-state index contributed by atoms with van der Waals surface area (Å²) in [5, 5.41) is 20.6. The number of nitriles is 1. The quantitative estimate of drug-likeness (QED) is 0.272. The highest BCUT2D eigenvalue weighted by Gasteiger charge is 2.35. The molecule has 8 nitrogen and oxygen atoms in total. The molecule has 1 saturated carbocycles. The summed E-state index contributed by atoms with van der Waals surface area (Å²) in [5.74, 6) is 0. The molecule has 0 spiro atoms. The molecular weight excluding hydrogens is 533 g/mol. The van der Waals surface area contributed by atoms with Crippen LogP contribution in [0.2, 0.25) is 10.0 Å². The minimum absolute atomic E-state index is 0.0834. The molecule has 2 aromatic carbocycles. The van der Waals surface area contributed by atoms with E-state index in [9.17, 15) is 6.63 Å². The van der Waals surface area contributed by atoms with Crippen molar-refractivity contribution in [1.29, 1.82) is 5.26 Å². The first-order chi connectivity index (χ1) is 19.2. The number of halogens is 2. The van der Waals surface area contributed by atoms with E-state index in [2.05, 4.69) is 46.5 Å². The fraction of sp³-hybridized carbons (Fsp3) is 0.379. The van der Waals surface area contributed by atoms with Crippen molar-refractivity contribution < 1.29 is 6.11 Å². The van der Waals surface area contributed by atoms with E-state index in [0.717, 1.165) is 19.3 Å². The molecule has 4 N–H and O–H groups in total. The Bertz CT molecular complexity index is 1540. The van der Waals surface area contributed by atoms with Crippen molar-refractivity contribution in [3.8, 4) is 6.07 Å². The molecule has 1 aromatic heterocycles. The molecule has 3 aromatic rings. The van der Waals surface area contributed by atoms with Crippen molar-refractivity contribution in [1.82, 2.24) is 21.0 Å². The van der Waals surface area contributed by atoms with Gasteiger partial charge in [0.2, 0.25) is 0 Å². The van der Waals surface area contributed by atoms with E-state index in [1.165, 1.54) is 0 Å². The number of hydrazine groups is 2. The average Bonchev–Trinajstić information content (AvgIpc) is 3.65. The predicted molar refractivity (Wildman–Crippen MR) is 155 cm³/mol. The Kier molecular flexibility index (Phi) is 6.61. The number of aromatic nitrogens is 1. The summed E-state index contributed by atoms with van der Waals surface area (Å²) in [6.45, 7) is 5.57. The summed E-state index contributed by atoms with van der Waals surface area (Å²) in [6, 6.07) is 12.2. The number of nitrogens with zero attached hydrogens (tertiary/aromatic N) is 3. The van der Waals surface area contributed by atoms with Crippen LogP contribution in [0.5, 0.6) is 0 Å². The SMILES string of the molecule is [2H][C@@](Nc1cc(Cl)c2ncc(C#N)c(NC3CCOCC3(C)C)c2c1)(C1=CN(C2CC2)NN1)c1ccccc1Cl. The van der Waals surface area contributed by atoms with Crippen LogP contribution >= 0.6 is 23.2 Å². The zero-order valence-corrected chi connectivity index (χ0v) is 23.3. The van der Waals surface area contributed by atoms with Gasteiger partial charge in [-0.15, -0.1) is 5.53 Å². The third-order valence-corrected chi connectivity index (χ3v) is 8.16. The number of hydrogen-bond donors (Lipinski definition) is 4. The summed E-state index contributed by atoms with van der Waals surface area (Å²) in [5.41, 5.74) is 9.64. The molecule has 1 saturated heterocycles. The summed E-state index contributed by atoms with van der Waals surface area (Å²) < 4.78 is 15.4. The van der Waals surface area contributed by atoms with Crippen LogP contribution in [0.4, 0.5) is 11.4 Å². The van der Waals surface area contributed by atoms with Crippen LogP contribution in [0.1, 0.15) is 51.6 Å². The maximum Gasteiger partial charge on any atom is 0.103 e. The summed E-state index contributed by atoms with van der Waals surface area (Å²) in [4.78, 5) is 4.51. The standard InChI is InChI=1S/C29H31Cl2N7O/c1-29(2)16-39-10-9-25(29)35-26-17(13-32)14-33-27-21(26)11-18(12-23(27)31)34-28(20-5-3-4-6-22(20)30)24-15-38(37-36-24)19-7-8-19/h3-6,11-12,14-15,19,25,28,34,36-37H,7-10,16H2,1-2H3,(H,33,35)/t25?,28-/m0/s1/i28D. The van der Waals surface area contributed by atoms with Crippen molar-refractivity contribution >= 4 is 45.5 Å². The van der Waals surface area contributed by atoms with Crippen LogP contribution in [-0.2, 0) is 4.74 Å². The lowest BCUT2D eigenvalue weighted by Gasteiger charge is -2.39. The molecule has 1 unspecified atom stereocenters. The van der Waals surface area contributed by atoms with Gasteiger partial charge in [-0.1, -0.05) is 55.2 Å². The third-order valence-electron chi connectivity index (χ3n) is 7.54. The second kappa shape index (κ2) is 10.4. The number of pyridine rings is 1. The molecule has 39 heavy (non-hydrogen) atoms. The maximum atomic E-state index is 9.98. The second-order valence-corrected chi connectivity index (χ2v) is 11.8. The molecule has 2 atom stereocenters. The fourth-order valence-electron chi connectivity index (χ4n) is 5.13. The van der Waals surface area contributed by atoms with Crippen molar-refractivity contribution in [2.24, 2.45) is 5.41 Å². The van der Waals surface area contributed by atoms with E-state index in [1.54, 1.807) is 18.3 Å². The molecule has 1 aliphatic carbocycles. The van der Waals surface area contributed by atoms with E-state index < -0.39 is 6.02 Å². The molecule has 10 heteroatoms. The number of hydrogen-bond acceptors (Lipinski definition) is 8. The molecule has 2 fully saturated rings. The minimum atomic E-state index is -1.48. The van der Waals surface area contributed by atoms with Gasteiger partial charge in [-0.2, -0.15) is 5.26 Å². The lowest BCUT2D eigenvalue weighted by molar-refractivity contribution is 0.00350. The van der Waals surface area contributed by atoms with Crippen molar-refractivity contribution in [2.45, 2.75) is 51.2 Å². The average molecular weight is 566 g/mol. The Labute approximate surface area is 239 Å². The van der Waals surface area contributed by atoms with Gasteiger partial charge in [0.05, 0.1) is 41.5 Å². The first kappa shape index (κ1) is 24.8. The molecule has 3 heterocycles. The Morgan fingerprint density at radius 2 is 2.05 bits per heavy atom. The topological polar surface area (TPSA) is 97.3 Å². The van der Waals surface area contributed by atoms with Crippen LogP contribution in [-0.4, -0.2) is 35.3 Å². The number of fused-ring (bicyclic) bond motifs is 1. The van der Waals surface area contributed by atoms with Crippen LogP contribution in [0, 0.1) is 16.7 Å². The summed E-state index contributed by atoms with van der Waals surface area (Å²) in [7, 11) is 0. The van der Waals surface area contributed by atoms with Gasteiger partial charge < -0.3 is 20.8 Å². The van der Waals surface area contributed by atoms with E-state index in [1.807, 2.05) is 35.5 Å². The number of ether oxygens (including phenoxy) is 1. The van der Waals surface area contributed by atoms with Crippen molar-refractivity contribution in [3.05, 3.63) is 75.7 Å². The smallest absolute Gasteiger partial charge is 0.103 e. The molecule has 3 aliphatic rings. The van der Waals surface area contributed by atoms with Gasteiger partial charge >= 0.3 is 0 Å². The molecule has 2 aliphatic heterocycles. The highest BCUT2D eigenvalue weighted by molar-refractivity contribution is 6.36. The third kappa shape index (κ3) is 5.20. The van der Waals surface area contributed by atoms with Crippen LogP contribution in [0.15, 0.2) is 54.5 Å². The van der Waals surface area contributed by atoms with Crippen molar-refractivity contribution in [3.63, 3.8) is 0 Å². The second-order valence-electron chi connectivity index (χ2n) is 10.9. The molecule has 202 valence electrons. The van der Waals surface area contributed by atoms with Gasteiger partial charge in [-0.25, -0.2) is 0 Å². The lowest BCUT2D eigenvalue weighted by Crippen LogP contribution is -2.44. The minimum Gasteiger partial charge on any atom is -0.381 e. The summed E-state index contributed by atoms with van der Waals surface area (Å²) >= 11 is 13.4. The first-order valence-electron chi connectivity index (χ1n) is 13.6. The number of benzene rings is 2. The lowest BCUT2D eigenvalue weighted by atomic mass is 9.81. The maximum absolute atomic E-state index is 9.98. The van der Waals surface area contributed by atoms with Gasteiger partial charge in [-0.3, -0.25) is 9.99 Å². The normalized spacial score (nSPS) is 22.3. The van der Waals surface area contributed by atoms with E-state index in [0.29, 0.717) is 68.4 Å². The zero-order valence-electron chi connectivity index (χ0n) is 22.8. The Morgan fingerprint density at radius 3 is 2.79 bits per heavy atom. The summed E-state index contributed by atoms with van der Waals surface area (Å²) in [6.07, 6.45) is 6.47. The Morgan fingerprint density at radius 1 is 1.23 bits per heavy atom. The molecule has 0 amide bonds. The van der Waals surface area contributed by atoms with E-state index in [-0.39, 0.29) is 11.5 Å². The molecule has 0 bridgehead atoms. The Balaban J connectivity index is 1.45. The number of nitrogens with one attached hydrogen (secondary N) is 4. The highest BCUT2D eigenvalue weighted by Crippen LogP contribution is 2.39. The highest BCUT2D eigenvalue weighted by atomic mass is 35.5. The predicted octanol–water partition coefficient (Wildman–Crippen LogP) is 6.12. The molecular formula is C29H31Cl2N7O. The first-order valence-corrected chi connectivity index (χ1v) is 13.9. The number of anilines is 2. The molecule has 0 radical (unpaired) electrons.